The van der Waals surface area contributed by atoms with Crippen LogP contribution >= 0.6 is 0 Å². The van der Waals surface area contributed by atoms with E-state index in [4.69, 9.17) is 0 Å². The average molecular weight is 1110 g/mol. The second-order valence-corrected chi connectivity index (χ2v) is 23.8. The smallest absolute Gasteiger partial charge is 0.0570 e. The van der Waals surface area contributed by atoms with Crippen LogP contribution in [0.1, 0.15) is 43.4 Å². The summed E-state index contributed by atoms with van der Waals surface area (Å²) in [6.45, 7) is 9.08. The van der Waals surface area contributed by atoms with E-state index in [9.17, 15) is 0 Å². The first-order valence-electron chi connectivity index (χ1n) is 30.4. The van der Waals surface area contributed by atoms with E-state index in [-0.39, 0.29) is 0 Å². The molecule has 14 aromatic carbocycles. The van der Waals surface area contributed by atoms with E-state index in [1.807, 2.05) is 0 Å². The van der Waals surface area contributed by atoms with Crippen molar-refractivity contribution in [3.8, 4) is 66.8 Å². The molecule has 3 aliphatic rings. The zero-order chi connectivity index (χ0) is 58.3. The van der Waals surface area contributed by atoms with Gasteiger partial charge in [0, 0.05) is 88.3 Å². The van der Waals surface area contributed by atoms with Crippen LogP contribution in [0.3, 0.4) is 0 Å². The van der Waals surface area contributed by atoms with Crippen molar-refractivity contribution in [3.05, 3.63) is 278 Å². The molecule has 17 rings (SSSR count). The van der Waals surface area contributed by atoms with Gasteiger partial charge in [-0.15, -0.1) is 0 Å². The third-order valence-corrected chi connectivity index (χ3v) is 18.6. The molecule has 0 aromatic heterocycles. The van der Waals surface area contributed by atoms with Gasteiger partial charge in [-0.2, -0.15) is 0 Å². The molecule has 0 spiro atoms. The summed E-state index contributed by atoms with van der Waals surface area (Å²) in [4.78, 5) is 7.15. The molecule has 86 heavy (non-hydrogen) atoms. The lowest BCUT2D eigenvalue weighted by molar-refractivity contribution is 0.868. The fourth-order valence-corrected chi connectivity index (χ4v) is 14.6. The normalized spacial score (nSPS) is 12.4. The molecule has 0 saturated carbocycles. The van der Waals surface area contributed by atoms with E-state index < -0.39 is 0 Å². The van der Waals surface area contributed by atoms with Crippen molar-refractivity contribution < 1.29 is 0 Å². The zero-order valence-electron chi connectivity index (χ0n) is 50.0. The lowest BCUT2D eigenvalue weighted by Crippen LogP contribution is -2.11. The number of hydrogen-bond acceptors (Lipinski definition) is 3. The van der Waals surface area contributed by atoms with Crippen molar-refractivity contribution in [3.63, 3.8) is 0 Å². The van der Waals surface area contributed by atoms with Crippen molar-refractivity contribution in [1.29, 1.82) is 0 Å². The molecule has 414 valence electrons. The number of rotatable bonds is 2. The second kappa shape index (κ2) is 21.1. The van der Waals surface area contributed by atoms with Crippen LogP contribution in [0.2, 0.25) is 0 Å². The summed E-state index contributed by atoms with van der Waals surface area (Å²) in [5.41, 5.74) is 27.7. The maximum atomic E-state index is 2.40. The monoisotopic (exact) mass is 1110 g/mol. The van der Waals surface area contributed by atoms with Gasteiger partial charge in [-0.3, -0.25) is 0 Å². The molecular weight excluding hydrogens is 1040 g/mol. The summed E-state index contributed by atoms with van der Waals surface area (Å²) in [5, 5.41) is 13.0. The minimum absolute atomic E-state index is 0.472. The fraction of sp³-hybridized carbons (Fsp3) is 0.108. The van der Waals surface area contributed by atoms with Crippen LogP contribution in [0.5, 0.6) is 0 Å². The molecule has 3 heterocycles. The van der Waals surface area contributed by atoms with Crippen molar-refractivity contribution in [1.82, 2.24) is 0 Å². The lowest BCUT2D eigenvalue weighted by atomic mass is 9.87. The first-order valence-corrected chi connectivity index (χ1v) is 30.4. The molecule has 0 saturated heterocycles. The highest BCUT2D eigenvalue weighted by atomic mass is 15.1. The number of anilines is 6. The Labute approximate surface area is 505 Å². The largest absolute Gasteiger partial charge is 0.344 e. The van der Waals surface area contributed by atoms with E-state index in [0.29, 0.717) is 5.92 Å². The Morgan fingerprint density at radius 3 is 1.28 bits per heavy atom. The van der Waals surface area contributed by atoms with Crippen LogP contribution in [0, 0.1) is 6.92 Å². The van der Waals surface area contributed by atoms with Gasteiger partial charge in [-0.25, -0.2) is 0 Å². The van der Waals surface area contributed by atoms with Crippen LogP contribution in [-0.2, 0) is 6.42 Å². The summed E-state index contributed by atoms with van der Waals surface area (Å²) in [7, 11) is 6.62. The summed E-state index contributed by atoms with van der Waals surface area (Å²) in [6, 6.07) is 95.4. The third-order valence-electron chi connectivity index (χ3n) is 18.6. The van der Waals surface area contributed by atoms with Crippen molar-refractivity contribution in [2.75, 3.05) is 35.8 Å². The second-order valence-electron chi connectivity index (χ2n) is 23.8. The molecule has 0 amide bonds. The summed E-state index contributed by atoms with van der Waals surface area (Å²) in [5.74, 6) is 0.472. The third kappa shape index (κ3) is 8.39. The molecule has 0 unspecified atom stereocenters. The molecule has 0 aliphatic carbocycles. The minimum atomic E-state index is 0.472. The number of fused-ring (bicyclic) bond motifs is 23. The molecule has 3 aliphatic heterocycles. The highest BCUT2D eigenvalue weighted by Crippen LogP contribution is 2.55. The van der Waals surface area contributed by atoms with Crippen molar-refractivity contribution in [2.45, 2.75) is 40.0 Å². The van der Waals surface area contributed by atoms with E-state index >= 15 is 0 Å². The maximum Gasteiger partial charge on any atom is 0.0570 e. The first-order chi connectivity index (χ1) is 42.2. The topological polar surface area (TPSA) is 9.72 Å². The standard InChI is InChI=1S/C29H23N.C28H21N.C26H23N/c1-3-21-22-12-6-5-11-20(22)18-27-28(21)24-14-8-9-15-25(24)29-23-13-7-4-10-19(23)16-17-26(29)30(27)2;1-18-15-21-11-5-6-12-22(21)28-27(18)24-14-8-7-13-23(24)25-16-19-9-3-4-10-20(19)17-26(25)29(28)2;1-17(2)19-13-8-14-23-25(19)21-11-6-7-12-22(21)26-20-10-5-4-9-18(20)15-16-24(26)27(23)3/h4-18H,3H2,1-2H3;3-17H,1-2H3;4-17H,1-3H3. The molecule has 0 bridgehead atoms. The highest BCUT2D eigenvalue weighted by Gasteiger charge is 2.30. The van der Waals surface area contributed by atoms with E-state index in [1.54, 1.807) is 0 Å². The van der Waals surface area contributed by atoms with Gasteiger partial charge in [0.1, 0.15) is 0 Å². The van der Waals surface area contributed by atoms with Crippen LogP contribution in [-0.4, -0.2) is 21.1 Å². The number of nitrogens with zero attached hydrogens (tertiary/aromatic N) is 3. The van der Waals surface area contributed by atoms with Crippen molar-refractivity contribution >= 4 is 88.0 Å². The van der Waals surface area contributed by atoms with Gasteiger partial charge in [0.2, 0.25) is 0 Å². The van der Waals surface area contributed by atoms with Gasteiger partial charge >= 0.3 is 0 Å². The Balaban J connectivity index is 0.000000109. The Morgan fingerprint density at radius 1 is 0.291 bits per heavy atom. The number of aryl methyl sites for hydroxylation is 2. The molecule has 0 fully saturated rings. The van der Waals surface area contributed by atoms with Crippen LogP contribution in [0.25, 0.3) is 121 Å². The summed E-state index contributed by atoms with van der Waals surface area (Å²) < 4.78 is 0. The van der Waals surface area contributed by atoms with E-state index in [1.165, 1.54) is 171 Å². The van der Waals surface area contributed by atoms with Gasteiger partial charge in [0.25, 0.3) is 0 Å². The lowest BCUT2D eigenvalue weighted by Gasteiger charge is -2.25. The van der Waals surface area contributed by atoms with E-state index in [0.717, 1.165) is 6.42 Å². The summed E-state index contributed by atoms with van der Waals surface area (Å²) >= 11 is 0. The highest BCUT2D eigenvalue weighted by molar-refractivity contribution is 6.15. The van der Waals surface area contributed by atoms with Gasteiger partial charge < -0.3 is 14.7 Å². The summed E-state index contributed by atoms with van der Waals surface area (Å²) in [6.07, 6.45) is 1.00. The zero-order valence-corrected chi connectivity index (χ0v) is 50.0. The van der Waals surface area contributed by atoms with Gasteiger partial charge in [0.15, 0.2) is 0 Å². The maximum absolute atomic E-state index is 2.40. The molecule has 0 radical (unpaired) electrons. The Kier molecular flexibility index (Phi) is 12.9. The molecule has 0 atom stereocenters. The van der Waals surface area contributed by atoms with Crippen molar-refractivity contribution in [2.24, 2.45) is 0 Å². The van der Waals surface area contributed by atoms with Gasteiger partial charge in [-0.1, -0.05) is 245 Å². The fourth-order valence-electron chi connectivity index (χ4n) is 14.6. The molecule has 3 heteroatoms. The molecule has 0 N–H and O–H groups in total. The van der Waals surface area contributed by atoms with Gasteiger partial charge in [0.05, 0.1) is 5.69 Å². The first kappa shape index (κ1) is 52.6. The Hall–Kier alpha value is -10.2. The van der Waals surface area contributed by atoms with Gasteiger partial charge in [-0.05, 0) is 154 Å². The SMILES string of the molecule is CC(C)c1cccc2c1-c1ccccc1-c1c(ccc3ccccc13)N2C.CCc1c2c(cc3ccccc13)N(C)c1ccc3ccccc3c1-c1ccccc1-2.Cc1cc2ccccc2c2c1-c1ccccc1-c1cc3ccccc3cc1N2C. The van der Waals surface area contributed by atoms with E-state index in [2.05, 4.69) is 324 Å². The average Bonchev–Trinajstić information content (AvgIpc) is 1.70. The molecule has 14 aromatic rings. The molecule has 3 nitrogen and oxygen atoms in total. The quantitative estimate of drug-likeness (QED) is 0.171. The van der Waals surface area contributed by atoms with Crippen LogP contribution in [0.15, 0.2) is 261 Å². The molecular formula is C83H67N3. The minimum Gasteiger partial charge on any atom is -0.344 e. The Morgan fingerprint density at radius 2 is 0.709 bits per heavy atom. The Bertz CT molecular complexity index is 5040. The predicted octanol–water partition coefficient (Wildman–Crippen LogP) is 23.1. The van der Waals surface area contributed by atoms with Crippen LogP contribution < -0.4 is 14.7 Å². The predicted molar refractivity (Wildman–Crippen MR) is 372 cm³/mol. The van der Waals surface area contributed by atoms with Crippen LogP contribution in [0.4, 0.5) is 34.1 Å². The number of hydrogen-bond donors (Lipinski definition) is 0. The number of benzene rings is 14.